The molecule has 2 aromatic rings. The van der Waals surface area contributed by atoms with Gasteiger partial charge in [-0.1, -0.05) is 0 Å². The van der Waals surface area contributed by atoms with Crippen LogP contribution in [-0.2, 0) is 0 Å². The summed E-state index contributed by atoms with van der Waals surface area (Å²) in [6.45, 7) is 4.20. The maximum atomic E-state index is 6.04. The Morgan fingerprint density at radius 3 is 3.22 bits per heavy atom. The Morgan fingerprint density at radius 1 is 1.50 bits per heavy atom. The highest BCUT2D eigenvalue weighted by Crippen LogP contribution is 2.31. The standard InChI is InChI=1S/C13H18N4S/c1-9(14)10-3-2-5-17(7-10)13-12-11(4-6-18-12)15-8-16-13/h4,6,8-10H,2-3,5,7,14H2,1H3. The molecule has 2 N–H and O–H groups in total. The van der Waals surface area contributed by atoms with Crippen LogP contribution in [-0.4, -0.2) is 29.1 Å². The first-order chi connectivity index (χ1) is 8.75. The Hall–Kier alpha value is -1.20. The number of anilines is 1. The van der Waals surface area contributed by atoms with Gasteiger partial charge in [-0.2, -0.15) is 0 Å². The number of hydrogen-bond acceptors (Lipinski definition) is 5. The number of nitrogens with two attached hydrogens (primary N) is 1. The van der Waals surface area contributed by atoms with Crippen molar-refractivity contribution in [1.82, 2.24) is 9.97 Å². The minimum Gasteiger partial charge on any atom is -0.355 e. The first-order valence-corrected chi connectivity index (χ1v) is 7.32. The first kappa shape index (κ1) is 11.9. The van der Waals surface area contributed by atoms with Crippen molar-refractivity contribution < 1.29 is 0 Å². The normalized spacial score (nSPS) is 22.3. The van der Waals surface area contributed by atoms with E-state index in [1.54, 1.807) is 17.7 Å². The SMILES string of the molecule is CC(N)C1CCCN(c2ncnc3ccsc23)C1. The summed E-state index contributed by atoms with van der Waals surface area (Å²) in [6, 6.07) is 2.31. The average Bonchev–Trinajstić information content (AvgIpc) is 2.87. The van der Waals surface area contributed by atoms with Gasteiger partial charge in [-0.05, 0) is 37.1 Å². The topological polar surface area (TPSA) is 55.0 Å². The quantitative estimate of drug-likeness (QED) is 0.902. The van der Waals surface area contributed by atoms with E-state index >= 15 is 0 Å². The van der Waals surface area contributed by atoms with Crippen molar-refractivity contribution in [2.24, 2.45) is 11.7 Å². The molecule has 5 heteroatoms. The van der Waals surface area contributed by atoms with Crippen LogP contribution in [0.15, 0.2) is 17.8 Å². The van der Waals surface area contributed by atoms with Crippen LogP contribution >= 0.6 is 11.3 Å². The lowest BCUT2D eigenvalue weighted by Gasteiger charge is -2.35. The molecule has 0 saturated carbocycles. The molecular weight excluding hydrogens is 244 g/mol. The number of fused-ring (bicyclic) bond motifs is 1. The Bertz CT molecular complexity index is 537. The van der Waals surface area contributed by atoms with Crippen molar-refractivity contribution in [2.75, 3.05) is 18.0 Å². The predicted octanol–water partition coefficient (Wildman–Crippen LogP) is 2.25. The zero-order chi connectivity index (χ0) is 12.5. The van der Waals surface area contributed by atoms with Gasteiger partial charge in [-0.15, -0.1) is 11.3 Å². The monoisotopic (exact) mass is 262 g/mol. The lowest BCUT2D eigenvalue weighted by atomic mass is 9.92. The van der Waals surface area contributed by atoms with Crippen LogP contribution in [0.3, 0.4) is 0 Å². The van der Waals surface area contributed by atoms with Gasteiger partial charge in [0.15, 0.2) is 0 Å². The van der Waals surface area contributed by atoms with E-state index in [0.29, 0.717) is 5.92 Å². The fraction of sp³-hybridized carbons (Fsp3) is 0.538. The Kier molecular flexibility index (Phi) is 3.18. The van der Waals surface area contributed by atoms with Gasteiger partial charge in [-0.25, -0.2) is 9.97 Å². The van der Waals surface area contributed by atoms with Crippen LogP contribution in [0.5, 0.6) is 0 Å². The molecule has 0 spiro atoms. The van der Waals surface area contributed by atoms with E-state index in [4.69, 9.17) is 5.73 Å². The number of nitrogens with zero attached hydrogens (tertiary/aromatic N) is 3. The number of thiophene rings is 1. The summed E-state index contributed by atoms with van der Waals surface area (Å²) in [5, 5.41) is 2.08. The minimum atomic E-state index is 0.258. The van der Waals surface area contributed by atoms with Gasteiger partial charge in [0, 0.05) is 19.1 Å². The van der Waals surface area contributed by atoms with Crippen LogP contribution in [0, 0.1) is 5.92 Å². The molecule has 2 aromatic heterocycles. The average molecular weight is 262 g/mol. The maximum Gasteiger partial charge on any atom is 0.150 e. The highest BCUT2D eigenvalue weighted by atomic mass is 32.1. The van der Waals surface area contributed by atoms with Crippen LogP contribution in [0.25, 0.3) is 10.2 Å². The van der Waals surface area contributed by atoms with Gasteiger partial charge < -0.3 is 10.6 Å². The number of hydrogen-bond donors (Lipinski definition) is 1. The largest absolute Gasteiger partial charge is 0.355 e. The summed E-state index contributed by atoms with van der Waals surface area (Å²) in [6.07, 6.45) is 4.09. The summed E-state index contributed by atoms with van der Waals surface area (Å²) in [4.78, 5) is 11.2. The van der Waals surface area contributed by atoms with Crippen molar-refractivity contribution >= 4 is 27.4 Å². The molecule has 0 bridgehead atoms. The summed E-state index contributed by atoms with van der Waals surface area (Å²) in [5.41, 5.74) is 7.09. The van der Waals surface area contributed by atoms with Gasteiger partial charge in [0.1, 0.15) is 12.1 Å². The Morgan fingerprint density at radius 2 is 2.39 bits per heavy atom. The fourth-order valence-electron chi connectivity index (χ4n) is 2.63. The zero-order valence-electron chi connectivity index (χ0n) is 10.5. The minimum absolute atomic E-state index is 0.258. The van der Waals surface area contributed by atoms with Gasteiger partial charge >= 0.3 is 0 Å². The van der Waals surface area contributed by atoms with E-state index in [2.05, 4.69) is 33.2 Å². The third-order valence-electron chi connectivity index (χ3n) is 3.73. The number of aromatic nitrogens is 2. The summed E-state index contributed by atoms with van der Waals surface area (Å²) in [5.74, 6) is 1.66. The van der Waals surface area contributed by atoms with Crippen LogP contribution in [0.1, 0.15) is 19.8 Å². The second-order valence-corrected chi connectivity index (χ2v) is 5.96. The Balaban J connectivity index is 1.92. The van der Waals surface area contributed by atoms with E-state index in [-0.39, 0.29) is 6.04 Å². The van der Waals surface area contributed by atoms with Crippen molar-refractivity contribution in [1.29, 1.82) is 0 Å². The van der Waals surface area contributed by atoms with E-state index < -0.39 is 0 Å². The fourth-order valence-corrected chi connectivity index (χ4v) is 3.49. The van der Waals surface area contributed by atoms with Crippen molar-refractivity contribution in [3.8, 4) is 0 Å². The molecule has 0 aliphatic carbocycles. The van der Waals surface area contributed by atoms with Gasteiger partial charge in [0.2, 0.25) is 0 Å². The van der Waals surface area contributed by atoms with Crippen LogP contribution in [0.4, 0.5) is 5.82 Å². The van der Waals surface area contributed by atoms with Crippen LogP contribution in [0.2, 0.25) is 0 Å². The number of rotatable bonds is 2. The van der Waals surface area contributed by atoms with Gasteiger partial charge in [0.05, 0.1) is 10.2 Å². The van der Waals surface area contributed by atoms with E-state index in [1.807, 2.05) is 0 Å². The van der Waals surface area contributed by atoms with Crippen molar-refractivity contribution in [3.63, 3.8) is 0 Å². The van der Waals surface area contributed by atoms with E-state index in [1.165, 1.54) is 17.5 Å². The molecule has 4 nitrogen and oxygen atoms in total. The second-order valence-electron chi connectivity index (χ2n) is 5.04. The van der Waals surface area contributed by atoms with Gasteiger partial charge in [-0.3, -0.25) is 0 Å². The molecule has 1 aliphatic rings. The highest BCUT2D eigenvalue weighted by molar-refractivity contribution is 7.17. The van der Waals surface area contributed by atoms with Crippen LogP contribution < -0.4 is 10.6 Å². The molecule has 1 fully saturated rings. The molecule has 96 valence electrons. The molecule has 1 saturated heterocycles. The molecule has 3 heterocycles. The Labute approximate surface area is 111 Å². The molecule has 0 amide bonds. The molecule has 0 aromatic carbocycles. The smallest absolute Gasteiger partial charge is 0.150 e. The molecule has 18 heavy (non-hydrogen) atoms. The third-order valence-corrected chi connectivity index (χ3v) is 4.62. The molecule has 0 radical (unpaired) electrons. The summed E-state index contributed by atoms with van der Waals surface area (Å²) < 4.78 is 1.20. The maximum absolute atomic E-state index is 6.04. The first-order valence-electron chi connectivity index (χ1n) is 6.44. The van der Waals surface area contributed by atoms with Crippen molar-refractivity contribution in [2.45, 2.75) is 25.8 Å². The second kappa shape index (κ2) is 4.82. The number of piperidine rings is 1. The lowest BCUT2D eigenvalue weighted by Crippen LogP contribution is -2.42. The molecule has 2 atom stereocenters. The predicted molar refractivity (Wildman–Crippen MR) is 76.0 cm³/mol. The molecule has 2 unspecified atom stereocenters. The summed E-state index contributed by atoms with van der Waals surface area (Å²) in [7, 11) is 0. The third kappa shape index (κ3) is 2.08. The van der Waals surface area contributed by atoms with E-state index in [0.717, 1.165) is 24.4 Å². The zero-order valence-corrected chi connectivity index (χ0v) is 11.4. The molecular formula is C13H18N4S. The molecule has 3 rings (SSSR count). The highest BCUT2D eigenvalue weighted by Gasteiger charge is 2.24. The molecule has 1 aliphatic heterocycles. The summed E-state index contributed by atoms with van der Waals surface area (Å²) >= 11 is 1.72. The van der Waals surface area contributed by atoms with Gasteiger partial charge in [0.25, 0.3) is 0 Å². The lowest BCUT2D eigenvalue weighted by molar-refractivity contribution is 0.363. The van der Waals surface area contributed by atoms with Crippen molar-refractivity contribution in [3.05, 3.63) is 17.8 Å². The van der Waals surface area contributed by atoms with E-state index in [9.17, 15) is 0 Å².